The average Bonchev–Trinajstić information content (AvgIpc) is 2.71. The molecule has 0 N–H and O–H groups in total. The van der Waals surface area contributed by atoms with Crippen molar-refractivity contribution in [3.05, 3.63) is 33.5 Å². The van der Waals surface area contributed by atoms with Crippen LogP contribution in [0.5, 0.6) is 0 Å². The van der Waals surface area contributed by atoms with Gasteiger partial charge in [0.2, 0.25) is 0 Å². The fourth-order valence-electron chi connectivity index (χ4n) is 1.79. The zero-order chi connectivity index (χ0) is 14.5. The maximum Gasteiger partial charge on any atom is 0.334 e. The predicted octanol–water partition coefficient (Wildman–Crippen LogP) is 3.74. The monoisotopic (exact) mass is 374 g/mol. The predicted molar refractivity (Wildman–Crippen MR) is 84.0 cm³/mol. The minimum absolute atomic E-state index is 0.201. The first kappa shape index (κ1) is 16.1. The van der Waals surface area contributed by atoms with Crippen LogP contribution >= 0.6 is 22.6 Å². The molecule has 104 valence electrons. The summed E-state index contributed by atoms with van der Waals surface area (Å²) in [5.41, 5.74) is 1.19. The van der Waals surface area contributed by atoms with Gasteiger partial charge in [0.1, 0.15) is 12.4 Å². The van der Waals surface area contributed by atoms with Crippen molar-refractivity contribution in [2.24, 2.45) is 5.41 Å². The molecule has 0 saturated heterocycles. The van der Waals surface area contributed by atoms with Crippen LogP contribution in [0.4, 0.5) is 0 Å². The molecule has 1 aliphatic rings. The summed E-state index contributed by atoms with van der Waals surface area (Å²) >= 11 is 2.16. The first-order valence-corrected chi connectivity index (χ1v) is 7.47. The molecule has 4 heteroatoms. The molecule has 1 aliphatic heterocycles. The fourth-order valence-corrected chi connectivity index (χ4v) is 2.72. The molecule has 0 saturated carbocycles. The van der Waals surface area contributed by atoms with E-state index in [-0.39, 0.29) is 17.5 Å². The molecular weight excluding hydrogens is 355 g/mol. The second kappa shape index (κ2) is 7.03. The van der Waals surface area contributed by atoms with Crippen LogP contribution in [0, 0.1) is 5.41 Å². The summed E-state index contributed by atoms with van der Waals surface area (Å²) in [6.07, 6.45) is 7.68. The molecule has 0 bridgehead atoms. The highest BCUT2D eigenvalue weighted by Crippen LogP contribution is 2.33. The molecule has 0 aliphatic carbocycles. The Balaban J connectivity index is 2.69. The number of halogens is 1. The molecule has 0 aromatic heterocycles. The van der Waals surface area contributed by atoms with Gasteiger partial charge in [-0.25, -0.2) is 4.79 Å². The summed E-state index contributed by atoms with van der Waals surface area (Å²) in [4.78, 5) is 22.2. The second-order valence-corrected chi connectivity index (χ2v) is 5.96. The van der Waals surface area contributed by atoms with E-state index >= 15 is 0 Å². The van der Waals surface area contributed by atoms with Gasteiger partial charge >= 0.3 is 5.97 Å². The Bertz CT molecular complexity index is 444. The Kier molecular flexibility index (Phi) is 5.97. The summed E-state index contributed by atoms with van der Waals surface area (Å²) in [6.45, 7) is 5.83. The lowest BCUT2D eigenvalue weighted by Crippen LogP contribution is -2.26. The highest BCUT2D eigenvalue weighted by molar-refractivity contribution is 14.1. The smallest absolute Gasteiger partial charge is 0.334 e. The van der Waals surface area contributed by atoms with E-state index in [0.717, 1.165) is 6.29 Å². The summed E-state index contributed by atoms with van der Waals surface area (Å²) < 4.78 is 7.34. The molecular formula is C15H19IO3. The van der Waals surface area contributed by atoms with Crippen LogP contribution in [0.15, 0.2) is 33.5 Å². The molecule has 0 unspecified atom stereocenters. The van der Waals surface area contributed by atoms with Gasteiger partial charge in [0.15, 0.2) is 0 Å². The summed E-state index contributed by atoms with van der Waals surface area (Å²) in [5.74, 6) is -0.239. The number of esters is 1. The minimum atomic E-state index is -0.239. The molecule has 1 rings (SSSR count). The number of aldehydes is 1. The molecule has 0 aromatic rings. The quantitative estimate of drug-likeness (QED) is 0.308. The lowest BCUT2D eigenvalue weighted by Gasteiger charge is -2.25. The van der Waals surface area contributed by atoms with Gasteiger partial charge in [0, 0.05) is 11.0 Å². The van der Waals surface area contributed by atoms with Crippen molar-refractivity contribution >= 4 is 34.8 Å². The van der Waals surface area contributed by atoms with Crippen LogP contribution in [-0.4, -0.2) is 18.4 Å². The van der Waals surface area contributed by atoms with E-state index in [1.54, 1.807) is 6.92 Å². The Morgan fingerprint density at radius 2 is 2.21 bits per heavy atom. The number of allylic oxidation sites excluding steroid dienone is 2. The van der Waals surface area contributed by atoms with E-state index in [0.29, 0.717) is 24.0 Å². The number of cyclic esters (lactones) is 1. The third-order valence-electron chi connectivity index (χ3n) is 3.14. The van der Waals surface area contributed by atoms with E-state index in [1.807, 2.05) is 36.2 Å². The summed E-state index contributed by atoms with van der Waals surface area (Å²) in [7, 11) is 0. The van der Waals surface area contributed by atoms with Crippen molar-refractivity contribution in [2.75, 3.05) is 0 Å². The lowest BCUT2D eigenvalue weighted by molar-refractivity contribution is -0.142. The maximum atomic E-state index is 11.8. The van der Waals surface area contributed by atoms with Gasteiger partial charge in [-0.1, -0.05) is 48.6 Å². The molecule has 3 nitrogen and oxygen atoms in total. The van der Waals surface area contributed by atoms with Gasteiger partial charge in [-0.15, -0.1) is 0 Å². The van der Waals surface area contributed by atoms with E-state index in [2.05, 4.69) is 22.6 Å². The van der Waals surface area contributed by atoms with Crippen molar-refractivity contribution in [1.82, 2.24) is 0 Å². The van der Waals surface area contributed by atoms with Gasteiger partial charge in [0.25, 0.3) is 0 Å². The molecule has 0 radical (unpaired) electrons. The Morgan fingerprint density at radius 1 is 1.53 bits per heavy atom. The molecule has 0 spiro atoms. The molecule has 1 heterocycles. The molecule has 0 aromatic carbocycles. The van der Waals surface area contributed by atoms with Gasteiger partial charge in [-0.3, -0.25) is 4.79 Å². The highest BCUT2D eigenvalue weighted by Gasteiger charge is 2.34. The van der Waals surface area contributed by atoms with Gasteiger partial charge < -0.3 is 4.74 Å². The van der Waals surface area contributed by atoms with E-state index < -0.39 is 0 Å². The number of carbonyl (C=O) groups is 2. The first-order chi connectivity index (χ1) is 8.90. The second-order valence-electron chi connectivity index (χ2n) is 5.24. The fraction of sp³-hybridized carbons (Fsp3) is 0.467. The van der Waals surface area contributed by atoms with Gasteiger partial charge in [0.05, 0.1) is 0 Å². The largest absolute Gasteiger partial charge is 0.454 e. The number of rotatable bonds is 6. The summed E-state index contributed by atoms with van der Waals surface area (Å²) in [6, 6.07) is 0. The topological polar surface area (TPSA) is 43.4 Å². The van der Waals surface area contributed by atoms with Crippen LogP contribution in [0.1, 0.15) is 33.6 Å². The summed E-state index contributed by atoms with van der Waals surface area (Å²) in [5, 5.41) is 0. The van der Waals surface area contributed by atoms with Gasteiger partial charge in [-0.05, 0) is 35.5 Å². The van der Waals surface area contributed by atoms with Crippen LogP contribution in [0.2, 0.25) is 0 Å². The first-order valence-electron chi connectivity index (χ1n) is 6.22. The number of hydrogen-bond acceptors (Lipinski definition) is 3. The minimum Gasteiger partial charge on any atom is -0.454 e. The zero-order valence-corrected chi connectivity index (χ0v) is 13.6. The average molecular weight is 374 g/mol. The van der Waals surface area contributed by atoms with Crippen LogP contribution in [0.3, 0.4) is 0 Å². The highest BCUT2D eigenvalue weighted by atomic mass is 127. The zero-order valence-electron chi connectivity index (χ0n) is 11.5. The van der Waals surface area contributed by atoms with Crippen molar-refractivity contribution < 1.29 is 14.3 Å². The number of hydrogen-bond donors (Lipinski definition) is 0. The van der Waals surface area contributed by atoms with Crippen LogP contribution < -0.4 is 0 Å². The number of ether oxygens (including phenoxy) is 1. The van der Waals surface area contributed by atoms with Crippen LogP contribution in [-0.2, 0) is 14.3 Å². The Hall–Kier alpha value is -0.910. The molecule has 19 heavy (non-hydrogen) atoms. The molecule has 0 amide bonds. The third kappa shape index (κ3) is 4.60. The van der Waals surface area contributed by atoms with Crippen molar-refractivity contribution in [2.45, 2.75) is 39.7 Å². The Morgan fingerprint density at radius 3 is 2.79 bits per heavy atom. The maximum absolute atomic E-state index is 11.8. The van der Waals surface area contributed by atoms with E-state index in [4.69, 9.17) is 4.74 Å². The molecule has 0 fully saturated rings. The van der Waals surface area contributed by atoms with Crippen molar-refractivity contribution in [3.8, 4) is 0 Å². The third-order valence-corrected chi connectivity index (χ3v) is 3.50. The van der Waals surface area contributed by atoms with Gasteiger partial charge in [-0.2, -0.15) is 0 Å². The normalized spacial score (nSPS) is 20.6. The van der Waals surface area contributed by atoms with Crippen molar-refractivity contribution in [1.29, 1.82) is 0 Å². The van der Waals surface area contributed by atoms with Crippen LogP contribution in [0.25, 0.3) is 0 Å². The Labute approximate surface area is 127 Å². The lowest BCUT2D eigenvalue weighted by atomic mass is 9.86. The van der Waals surface area contributed by atoms with E-state index in [1.165, 1.54) is 0 Å². The molecule has 1 atom stereocenters. The van der Waals surface area contributed by atoms with Crippen molar-refractivity contribution in [3.63, 3.8) is 0 Å². The standard InChI is InChI=1S/C15H19IO3/c1-11(10-17)5-4-6-12-9-13(19-14(12)18)15(2,3)7-8-16/h5,7-10,13H,4,6H2,1-3H3/b8-7+,11-5+/t13-/m0/s1. The van der Waals surface area contributed by atoms with E-state index in [9.17, 15) is 9.59 Å². The SMILES string of the molecule is C/C(C=O)=C\CCC1=C[C@@H](C(C)(C)/C=C/I)OC1=O. The number of carbonyl (C=O) groups excluding carboxylic acids is 2.